The molecular weight excluding hydrogens is 120 g/mol. The van der Waals surface area contributed by atoms with Gasteiger partial charge in [0.25, 0.3) is 0 Å². The van der Waals surface area contributed by atoms with Crippen LogP contribution >= 0.6 is 0 Å². The van der Waals surface area contributed by atoms with Crippen LogP contribution in [0.5, 0.6) is 0 Å². The molecule has 1 atom stereocenters. The number of rotatable bonds is 4. The Hall–Kier alpha value is -0.520. The van der Waals surface area contributed by atoms with Crippen molar-refractivity contribution in [2.45, 2.75) is 33.6 Å². The first kappa shape index (κ1) is 9.48. The van der Waals surface area contributed by atoms with Crippen LogP contribution in [-0.4, -0.2) is 0 Å². The first-order valence-corrected chi connectivity index (χ1v) is 3.98. The van der Waals surface area contributed by atoms with Gasteiger partial charge in [0.05, 0.1) is 0 Å². The van der Waals surface area contributed by atoms with Gasteiger partial charge >= 0.3 is 0 Å². The minimum Gasteiger partial charge on any atom is -0.0991 e. The van der Waals surface area contributed by atoms with Crippen LogP contribution in [0.1, 0.15) is 33.6 Å². The van der Waals surface area contributed by atoms with E-state index < -0.39 is 0 Å². The Kier molecular flexibility index (Phi) is 5.00. The van der Waals surface area contributed by atoms with Gasteiger partial charge in [0, 0.05) is 0 Å². The molecule has 0 aliphatic carbocycles. The highest BCUT2D eigenvalue weighted by Gasteiger charge is 1.97. The Labute approximate surface area is 64.6 Å². The molecule has 0 N–H and O–H groups in total. The highest BCUT2D eigenvalue weighted by Crippen LogP contribution is 2.13. The number of allylic oxidation sites excluding steroid dienone is 3. The molecule has 0 saturated carbocycles. The van der Waals surface area contributed by atoms with Crippen molar-refractivity contribution in [3.05, 3.63) is 24.3 Å². The van der Waals surface area contributed by atoms with Gasteiger partial charge in [-0.2, -0.15) is 0 Å². The van der Waals surface area contributed by atoms with Crippen molar-refractivity contribution < 1.29 is 0 Å². The molecule has 0 amide bonds. The van der Waals surface area contributed by atoms with Gasteiger partial charge in [0.1, 0.15) is 0 Å². The quantitative estimate of drug-likeness (QED) is 0.521. The molecule has 0 aliphatic rings. The van der Waals surface area contributed by atoms with Crippen molar-refractivity contribution in [1.29, 1.82) is 0 Å². The topological polar surface area (TPSA) is 0 Å². The Balaban J connectivity index is 3.66. The normalized spacial score (nSPS) is 14.9. The van der Waals surface area contributed by atoms with Crippen LogP contribution in [-0.2, 0) is 0 Å². The second-order valence-electron chi connectivity index (χ2n) is 2.97. The van der Waals surface area contributed by atoms with E-state index in [-0.39, 0.29) is 0 Å². The van der Waals surface area contributed by atoms with Crippen molar-refractivity contribution in [3.63, 3.8) is 0 Å². The lowest BCUT2D eigenvalue weighted by Gasteiger charge is -2.06. The van der Waals surface area contributed by atoms with Crippen LogP contribution in [0.15, 0.2) is 24.3 Å². The molecule has 0 fully saturated rings. The Morgan fingerprint density at radius 3 is 2.60 bits per heavy atom. The number of hydrogen-bond acceptors (Lipinski definition) is 0. The summed E-state index contributed by atoms with van der Waals surface area (Å²) in [5.41, 5.74) is 1.43. The molecule has 0 saturated heterocycles. The van der Waals surface area contributed by atoms with E-state index in [0.29, 0.717) is 0 Å². The summed E-state index contributed by atoms with van der Waals surface area (Å²) in [4.78, 5) is 0. The van der Waals surface area contributed by atoms with E-state index in [2.05, 4.69) is 33.4 Å². The average molecular weight is 138 g/mol. The summed E-state index contributed by atoms with van der Waals surface area (Å²) in [6.07, 6.45) is 6.43. The van der Waals surface area contributed by atoms with E-state index in [1.54, 1.807) is 0 Å². The lowest BCUT2D eigenvalue weighted by Crippen LogP contribution is -1.91. The minimum absolute atomic E-state index is 0.816. The highest BCUT2D eigenvalue weighted by molar-refractivity contribution is 5.07. The molecule has 0 aliphatic heterocycles. The lowest BCUT2D eigenvalue weighted by molar-refractivity contribution is 0.557. The molecule has 0 aromatic rings. The maximum Gasteiger partial charge on any atom is -0.0294 e. The molecule has 0 spiro atoms. The summed E-state index contributed by atoms with van der Waals surface area (Å²) in [6, 6.07) is 0. The number of hydrogen-bond donors (Lipinski definition) is 0. The van der Waals surface area contributed by atoms with Crippen LogP contribution in [0.2, 0.25) is 0 Å². The zero-order chi connectivity index (χ0) is 7.98. The fraction of sp³-hybridized carbons (Fsp3) is 0.600. The summed E-state index contributed by atoms with van der Waals surface area (Å²) >= 11 is 0. The van der Waals surface area contributed by atoms with Crippen molar-refractivity contribution in [2.24, 2.45) is 5.92 Å². The van der Waals surface area contributed by atoms with E-state index in [0.717, 1.165) is 5.92 Å². The van der Waals surface area contributed by atoms with Gasteiger partial charge in [-0.05, 0) is 19.3 Å². The minimum atomic E-state index is 0.816. The van der Waals surface area contributed by atoms with E-state index in [4.69, 9.17) is 0 Å². The van der Waals surface area contributed by atoms with Gasteiger partial charge < -0.3 is 0 Å². The summed E-state index contributed by atoms with van der Waals surface area (Å²) < 4.78 is 0. The van der Waals surface area contributed by atoms with Crippen LogP contribution in [0.25, 0.3) is 0 Å². The van der Waals surface area contributed by atoms with E-state index in [1.165, 1.54) is 18.4 Å². The van der Waals surface area contributed by atoms with E-state index in [1.807, 2.05) is 6.08 Å². The Morgan fingerprint density at radius 1 is 1.60 bits per heavy atom. The first-order valence-electron chi connectivity index (χ1n) is 3.98. The SMILES string of the molecule is C=C/C=C(\C)CC(C)CC. The third-order valence-corrected chi connectivity index (χ3v) is 1.77. The molecule has 0 aromatic heterocycles. The third-order valence-electron chi connectivity index (χ3n) is 1.77. The largest absolute Gasteiger partial charge is 0.0991 e. The third kappa shape index (κ3) is 4.37. The van der Waals surface area contributed by atoms with Crippen molar-refractivity contribution >= 4 is 0 Å². The molecule has 0 rings (SSSR count). The monoisotopic (exact) mass is 138 g/mol. The van der Waals surface area contributed by atoms with Gasteiger partial charge in [-0.25, -0.2) is 0 Å². The van der Waals surface area contributed by atoms with Crippen molar-refractivity contribution in [2.75, 3.05) is 0 Å². The highest BCUT2D eigenvalue weighted by atomic mass is 14.0. The molecule has 10 heavy (non-hydrogen) atoms. The molecule has 0 bridgehead atoms. The molecule has 0 heterocycles. The predicted molar refractivity (Wildman–Crippen MR) is 48.0 cm³/mol. The zero-order valence-corrected chi connectivity index (χ0v) is 7.35. The van der Waals surface area contributed by atoms with Gasteiger partial charge in [0.15, 0.2) is 0 Å². The summed E-state index contributed by atoms with van der Waals surface area (Å²) in [5, 5.41) is 0. The zero-order valence-electron chi connectivity index (χ0n) is 7.35. The van der Waals surface area contributed by atoms with E-state index >= 15 is 0 Å². The van der Waals surface area contributed by atoms with Crippen LogP contribution < -0.4 is 0 Å². The average Bonchev–Trinajstić information content (AvgIpc) is 1.88. The van der Waals surface area contributed by atoms with Gasteiger partial charge in [-0.15, -0.1) is 0 Å². The summed E-state index contributed by atoms with van der Waals surface area (Å²) in [6.45, 7) is 10.3. The van der Waals surface area contributed by atoms with Crippen LogP contribution in [0.4, 0.5) is 0 Å². The van der Waals surface area contributed by atoms with Crippen LogP contribution in [0, 0.1) is 5.92 Å². The smallest absolute Gasteiger partial charge is 0.0294 e. The van der Waals surface area contributed by atoms with E-state index in [9.17, 15) is 0 Å². The Morgan fingerprint density at radius 2 is 2.20 bits per heavy atom. The molecule has 0 aromatic carbocycles. The molecule has 0 radical (unpaired) electrons. The maximum atomic E-state index is 3.66. The second kappa shape index (κ2) is 5.28. The maximum absolute atomic E-state index is 3.66. The van der Waals surface area contributed by atoms with Crippen molar-refractivity contribution in [1.82, 2.24) is 0 Å². The van der Waals surface area contributed by atoms with Crippen LogP contribution in [0.3, 0.4) is 0 Å². The predicted octanol–water partition coefficient (Wildman–Crippen LogP) is 3.55. The fourth-order valence-electron chi connectivity index (χ4n) is 0.963. The van der Waals surface area contributed by atoms with Gasteiger partial charge in [0.2, 0.25) is 0 Å². The first-order chi connectivity index (χ1) is 4.70. The second-order valence-corrected chi connectivity index (χ2v) is 2.97. The summed E-state index contributed by atoms with van der Waals surface area (Å²) in [5.74, 6) is 0.816. The molecular formula is C10H18. The fourth-order valence-corrected chi connectivity index (χ4v) is 0.963. The molecule has 1 unspecified atom stereocenters. The van der Waals surface area contributed by atoms with Gasteiger partial charge in [-0.3, -0.25) is 0 Å². The Bertz CT molecular complexity index is 120. The molecule has 58 valence electrons. The molecule has 0 nitrogen and oxygen atoms in total. The van der Waals surface area contributed by atoms with Crippen molar-refractivity contribution in [3.8, 4) is 0 Å². The standard InChI is InChI=1S/C10H18/c1-5-7-10(4)8-9(3)6-2/h5,7,9H,1,6,8H2,2-4H3/b10-7+. The summed E-state index contributed by atoms with van der Waals surface area (Å²) in [7, 11) is 0. The lowest BCUT2D eigenvalue weighted by atomic mass is 10.00. The van der Waals surface area contributed by atoms with Gasteiger partial charge in [-0.1, -0.05) is 44.6 Å². The molecule has 0 heteroatoms.